The molecule has 0 radical (unpaired) electrons. The highest BCUT2D eigenvalue weighted by atomic mass is 16.7. The number of hydrogen-bond acceptors (Lipinski definition) is 3. The summed E-state index contributed by atoms with van der Waals surface area (Å²) in [4.78, 5) is 12.1. The summed E-state index contributed by atoms with van der Waals surface area (Å²) in [6, 6.07) is 6.02. The molecule has 0 aromatic heterocycles. The molecule has 1 aromatic carbocycles. The van der Waals surface area contributed by atoms with Crippen LogP contribution in [0.2, 0.25) is 0 Å². The number of fused-ring (bicyclic) bond motifs is 1. The van der Waals surface area contributed by atoms with E-state index in [1.807, 2.05) is 12.1 Å². The lowest BCUT2D eigenvalue weighted by atomic mass is 9.83. The Morgan fingerprint density at radius 3 is 2.91 bits per heavy atom. The summed E-state index contributed by atoms with van der Waals surface area (Å²) >= 11 is 0. The van der Waals surface area contributed by atoms with Crippen molar-refractivity contribution in [1.29, 1.82) is 0 Å². The van der Waals surface area contributed by atoms with E-state index in [0.29, 0.717) is 6.42 Å². The zero-order valence-corrected chi connectivity index (χ0v) is 13.7. The van der Waals surface area contributed by atoms with Crippen molar-refractivity contribution in [1.82, 2.24) is 0 Å². The quantitative estimate of drug-likeness (QED) is 0.699. The summed E-state index contributed by atoms with van der Waals surface area (Å²) in [6.45, 7) is 2.50. The van der Waals surface area contributed by atoms with Crippen LogP contribution in [0.1, 0.15) is 56.9 Å². The first-order chi connectivity index (χ1) is 11.3. The highest BCUT2D eigenvalue weighted by molar-refractivity contribution is 5.92. The third-order valence-corrected chi connectivity index (χ3v) is 4.45. The lowest BCUT2D eigenvalue weighted by molar-refractivity contribution is -0.115. The third-order valence-electron chi connectivity index (χ3n) is 4.45. The van der Waals surface area contributed by atoms with Crippen molar-refractivity contribution in [3.05, 3.63) is 47.6 Å². The molecule has 2 aliphatic rings. The van der Waals surface area contributed by atoms with Crippen molar-refractivity contribution in [3.8, 4) is 11.5 Å². The summed E-state index contributed by atoms with van der Waals surface area (Å²) in [5.74, 6) is 2.04. The number of hydrogen-bond donors (Lipinski definition) is 0. The van der Waals surface area contributed by atoms with Gasteiger partial charge in [-0.15, -0.1) is 0 Å². The van der Waals surface area contributed by atoms with Gasteiger partial charge in [0, 0.05) is 6.42 Å². The topological polar surface area (TPSA) is 35.5 Å². The molecule has 122 valence electrons. The Morgan fingerprint density at radius 2 is 2.04 bits per heavy atom. The molecule has 1 aromatic rings. The van der Waals surface area contributed by atoms with E-state index in [4.69, 9.17) is 9.47 Å². The molecule has 1 aliphatic heterocycles. The van der Waals surface area contributed by atoms with Crippen LogP contribution in [-0.2, 0) is 4.79 Å². The Hall–Kier alpha value is -2.03. The highest BCUT2D eigenvalue weighted by Crippen LogP contribution is 2.38. The zero-order valence-electron chi connectivity index (χ0n) is 13.7. The van der Waals surface area contributed by atoms with Crippen molar-refractivity contribution >= 4 is 5.78 Å². The number of unbranched alkanes of at least 4 members (excludes halogenated alkanes) is 3. The monoisotopic (exact) mass is 312 g/mol. The van der Waals surface area contributed by atoms with E-state index in [-0.39, 0.29) is 18.5 Å². The molecule has 0 N–H and O–H groups in total. The van der Waals surface area contributed by atoms with Gasteiger partial charge >= 0.3 is 0 Å². The second kappa shape index (κ2) is 7.49. The van der Waals surface area contributed by atoms with Gasteiger partial charge in [0.05, 0.1) is 0 Å². The largest absolute Gasteiger partial charge is 0.454 e. The lowest BCUT2D eigenvalue weighted by Gasteiger charge is -2.21. The molecule has 3 heteroatoms. The average molecular weight is 312 g/mol. The first-order valence-electron chi connectivity index (χ1n) is 8.55. The predicted molar refractivity (Wildman–Crippen MR) is 90.9 cm³/mol. The van der Waals surface area contributed by atoms with E-state index < -0.39 is 0 Å². The maximum atomic E-state index is 12.1. The Labute approximate surface area is 138 Å². The standard InChI is InChI=1S/C20H24O3/c1-2-3-4-5-6-7-15-10-17(12-18(21)11-15)16-8-9-19-20(13-16)23-14-22-19/h6-9,11,13,17H,2-5,10,12,14H2,1H3/b7-6+/t17-/m1/s1. The van der Waals surface area contributed by atoms with Crippen LogP contribution in [0.4, 0.5) is 0 Å². The van der Waals surface area contributed by atoms with Gasteiger partial charge in [-0.2, -0.15) is 0 Å². The summed E-state index contributed by atoms with van der Waals surface area (Å²) in [6.07, 6.45) is 12.4. The minimum atomic E-state index is 0.215. The van der Waals surface area contributed by atoms with Crippen LogP contribution in [-0.4, -0.2) is 12.6 Å². The number of allylic oxidation sites excluding steroid dienone is 4. The normalized spacial score (nSPS) is 20.1. The number of carbonyl (C=O) groups excluding carboxylic acids is 1. The molecule has 1 atom stereocenters. The third kappa shape index (κ3) is 4.04. The Kier molecular flexibility index (Phi) is 5.16. The van der Waals surface area contributed by atoms with E-state index in [9.17, 15) is 4.79 Å². The van der Waals surface area contributed by atoms with E-state index in [0.717, 1.165) is 35.5 Å². The number of ether oxygens (including phenoxy) is 2. The van der Waals surface area contributed by atoms with Crippen molar-refractivity contribution in [2.75, 3.05) is 6.79 Å². The molecule has 1 heterocycles. The van der Waals surface area contributed by atoms with Gasteiger partial charge in [0.1, 0.15) is 0 Å². The lowest BCUT2D eigenvalue weighted by Crippen LogP contribution is -2.12. The fourth-order valence-electron chi connectivity index (χ4n) is 3.19. The minimum absolute atomic E-state index is 0.215. The molecule has 0 fully saturated rings. The maximum absolute atomic E-state index is 12.1. The van der Waals surface area contributed by atoms with Gasteiger partial charge in [-0.3, -0.25) is 4.79 Å². The van der Waals surface area contributed by atoms with Gasteiger partial charge in [0.15, 0.2) is 17.3 Å². The number of carbonyl (C=O) groups is 1. The molecule has 3 nitrogen and oxygen atoms in total. The van der Waals surface area contributed by atoms with Gasteiger partial charge in [-0.1, -0.05) is 38.0 Å². The van der Waals surface area contributed by atoms with Crippen molar-refractivity contribution in [3.63, 3.8) is 0 Å². The van der Waals surface area contributed by atoms with Crippen LogP contribution in [0.5, 0.6) is 11.5 Å². The Bertz CT molecular complexity index is 628. The van der Waals surface area contributed by atoms with Crippen LogP contribution < -0.4 is 9.47 Å². The summed E-state index contributed by atoms with van der Waals surface area (Å²) in [7, 11) is 0. The second-order valence-corrected chi connectivity index (χ2v) is 6.30. The van der Waals surface area contributed by atoms with Crippen molar-refractivity contribution < 1.29 is 14.3 Å². The van der Waals surface area contributed by atoms with Crippen LogP contribution in [0, 0.1) is 0 Å². The fourth-order valence-corrected chi connectivity index (χ4v) is 3.19. The molecule has 0 unspecified atom stereocenters. The number of benzene rings is 1. The fraction of sp³-hybridized carbons (Fsp3) is 0.450. The maximum Gasteiger partial charge on any atom is 0.231 e. The van der Waals surface area contributed by atoms with Gasteiger partial charge in [0.2, 0.25) is 6.79 Å². The Balaban J connectivity index is 1.66. The van der Waals surface area contributed by atoms with E-state index in [2.05, 4.69) is 25.1 Å². The SMILES string of the molecule is CCCCC/C=C/C1=CC(=O)C[C@H](c2ccc3c(c2)OCO3)C1. The first-order valence-corrected chi connectivity index (χ1v) is 8.55. The molecule has 0 amide bonds. The van der Waals surface area contributed by atoms with E-state index >= 15 is 0 Å². The average Bonchev–Trinajstić information content (AvgIpc) is 3.01. The van der Waals surface area contributed by atoms with E-state index in [1.165, 1.54) is 19.3 Å². The van der Waals surface area contributed by atoms with Crippen LogP contribution in [0.25, 0.3) is 0 Å². The molecular weight excluding hydrogens is 288 g/mol. The van der Waals surface area contributed by atoms with Crippen molar-refractivity contribution in [2.24, 2.45) is 0 Å². The minimum Gasteiger partial charge on any atom is -0.454 e. The molecule has 1 aliphatic carbocycles. The summed E-state index contributed by atoms with van der Waals surface area (Å²) in [5, 5.41) is 0. The summed E-state index contributed by atoms with van der Waals surface area (Å²) < 4.78 is 10.8. The predicted octanol–water partition coefficient (Wildman–Crippen LogP) is 4.92. The van der Waals surface area contributed by atoms with Gasteiger partial charge in [-0.05, 0) is 54.5 Å². The number of ketones is 1. The molecule has 0 spiro atoms. The molecule has 3 rings (SSSR count). The second-order valence-electron chi connectivity index (χ2n) is 6.30. The molecule has 0 saturated carbocycles. The molecule has 23 heavy (non-hydrogen) atoms. The van der Waals surface area contributed by atoms with Gasteiger partial charge < -0.3 is 9.47 Å². The molecular formula is C20H24O3. The van der Waals surface area contributed by atoms with Crippen molar-refractivity contribution in [2.45, 2.75) is 51.4 Å². The van der Waals surface area contributed by atoms with Gasteiger partial charge in [-0.25, -0.2) is 0 Å². The van der Waals surface area contributed by atoms with Gasteiger partial charge in [0.25, 0.3) is 0 Å². The zero-order chi connectivity index (χ0) is 16.1. The first kappa shape index (κ1) is 15.9. The van der Waals surface area contributed by atoms with Crippen LogP contribution in [0.15, 0.2) is 42.0 Å². The number of rotatable bonds is 6. The summed E-state index contributed by atoms with van der Waals surface area (Å²) in [5.41, 5.74) is 2.30. The highest BCUT2D eigenvalue weighted by Gasteiger charge is 2.23. The van der Waals surface area contributed by atoms with Crippen LogP contribution in [0.3, 0.4) is 0 Å². The Morgan fingerprint density at radius 1 is 1.17 bits per heavy atom. The molecule has 0 bridgehead atoms. The smallest absolute Gasteiger partial charge is 0.231 e. The molecule has 0 saturated heterocycles. The van der Waals surface area contributed by atoms with Crippen LogP contribution >= 0.6 is 0 Å². The van der Waals surface area contributed by atoms with E-state index in [1.54, 1.807) is 6.08 Å².